The number of hydrogen-bond acceptors (Lipinski definition) is 6. The number of carbonyl (C=O) groups is 2. The summed E-state index contributed by atoms with van der Waals surface area (Å²) in [5, 5.41) is 19.2. The Bertz CT molecular complexity index is 747. The second-order valence-electron chi connectivity index (χ2n) is 5.71. The highest BCUT2D eigenvalue weighted by Crippen LogP contribution is 2.36. The number of carboxylic acids is 1. The van der Waals surface area contributed by atoms with E-state index in [2.05, 4.69) is 0 Å². The van der Waals surface area contributed by atoms with Crippen molar-refractivity contribution >= 4 is 46.3 Å². The number of benzene rings is 1. The van der Waals surface area contributed by atoms with Crippen LogP contribution in [0.1, 0.15) is 38.7 Å². The topological polar surface area (TPSA) is 87.1 Å². The molecule has 1 saturated heterocycles. The van der Waals surface area contributed by atoms with E-state index in [0.717, 1.165) is 18.2 Å². The van der Waals surface area contributed by atoms with Crippen molar-refractivity contribution in [1.29, 1.82) is 0 Å². The molecule has 0 saturated carbocycles. The van der Waals surface area contributed by atoms with Gasteiger partial charge in [0.2, 0.25) is 0 Å². The molecule has 140 valence electrons. The summed E-state index contributed by atoms with van der Waals surface area (Å²) in [5.74, 6) is -1.13. The molecule has 1 aliphatic rings. The Kier molecular flexibility index (Phi) is 7.05. The first-order chi connectivity index (χ1) is 12.4. The van der Waals surface area contributed by atoms with Crippen LogP contribution in [-0.2, 0) is 9.59 Å². The van der Waals surface area contributed by atoms with E-state index in [-0.39, 0.29) is 10.1 Å². The Labute approximate surface area is 161 Å². The molecular weight excluding hydrogens is 374 g/mol. The summed E-state index contributed by atoms with van der Waals surface area (Å²) in [6, 6.07) is 3.80. The number of phenolic OH excluding ortho intramolecular Hbond substituents is 1. The van der Waals surface area contributed by atoms with Crippen molar-refractivity contribution in [2.24, 2.45) is 0 Å². The third-order valence-corrected chi connectivity index (χ3v) is 5.16. The number of aliphatic carboxylic acids is 1. The minimum atomic E-state index is -1.06. The van der Waals surface area contributed by atoms with Crippen LogP contribution in [0.2, 0.25) is 0 Å². The van der Waals surface area contributed by atoms with Crippen molar-refractivity contribution in [2.75, 3.05) is 6.61 Å². The number of phenols is 1. The molecule has 8 heteroatoms. The number of unbranched alkanes of at least 4 members (excludes halogenated alkanes) is 1. The van der Waals surface area contributed by atoms with Crippen LogP contribution in [0.4, 0.5) is 0 Å². The van der Waals surface area contributed by atoms with Crippen LogP contribution in [0.25, 0.3) is 6.08 Å². The molecule has 0 aliphatic carbocycles. The van der Waals surface area contributed by atoms with Crippen LogP contribution in [0, 0.1) is 0 Å². The van der Waals surface area contributed by atoms with Crippen molar-refractivity contribution in [2.45, 2.75) is 39.2 Å². The molecule has 0 spiro atoms. The molecule has 1 amide bonds. The highest BCUT2D eigenvalue weighted by Gasteiger charge is 2.40. The van der Waals surface area contributed by atoms with E-state index in [0.29, 0.717) is 35.7 Å². The number of rotatable bonds is 8. The minimum Gasteiger partial charge on any atom is -0.504 e. The number of thioether (sulfide) groups is 1. The van der Waals surface area contributed by atoms with Gasteiger partial charge in [-0.2, -0.15) is 0 Å². The quantitative estimate of drug-likeness (QED) is 0.513. The first kappa shape index (κ1) is 20.3. The lowest BCUT2D eigenvalue weighted by Gasteiger charge is -2.22. The Balaban J connectivity index is 2.28. The minimum absolute atomic E-state index is 0.0158. The van der Waals surface area contributed by atoms with E-state index in [1.807, 2.05) is 6.92 Å². The van der Waals surface area contributed by atoms with Crippen LogP contribution >= 0.6 is 24.0 Å². The maximum atomic E-state index is 12.7. The third-order valence-electron chi connectivity index (χ3n) is 3.83. The van der Waals surface area contributed by atoms with Gasteiger partial charge >= 0.3 is 5.97 Å². The molecule has 0 aromatic heterocycles. The predicted octanol–water partition coefficient (Wildman–Crippen LogP) is 3.64. The van der Waals surface area contributed by atoms with Gasteiger partial charge in [0.15, 0.2) is 11.5 Å². The Hall–Kier alpha value is -2.06. The highest BCUT2D eigenvalue weighted by molar-refractivity contribution is 8.26. The molecule has 0 radical (unpaired) electrons. The standard InChI is InChI=1S/C18H21NO5S2/c1-3-5-6-12(17(22)23)19-16(21)15(26-18(19)25)10-11-7-8-13(20)14(9-11)24-4-2/h7-10,12,20H,3-6H2,1-2H3,(H,22,23)/b15-10-. The summed E-state index contributed by atoms with van der Waals surface area (Å²) in [6.45, 7) is 4.17. The molecule has 6 nitrogen and oxygen atoms in total. The van der Waals surface area contributed by atoms with Crippen LogP contribution in [0.3, 0.4) is 0 Å². The van der Waals surface area contributed by atoms with Crippen molar-refractivity contribution in [1.82, 2.24) is 4.90 Å². The molecule has 2 rings (SSSR count). The average molecular weight is 396 g/mol. The van der Waals surface area contributed by atoms with E-state index in [1.54, 1.807) is 25.1 Å². The zero-order valence-electron chi connectivity index (χ0n) is 14.6. The van der Waals surface area contributed by atoms with Gasteiger partial charge in [-0.3, -0.25) is 9.69 Å². The average Bonchev–Trinajstić information content (AvgIpc) is 2.86. The summed E-state index contributed by atoms with van der Waals surface area (Å²) in [5.41, 5.74) is 0.659. The fraction of sp³-hybridized carbons (Fsp3) is 0.389. The molecule has 1 fully saturated rings. The SMILES string of the molecule is CCCCC(C(=O)O)N1C(=O)/C(=C/c2ccc(O)c(OCC)c2)SC1=S. The molecule has 26 heavy (non-hydrogen) atoms. The first-order valence-electron chi connectivity index (χ1n) is 8.34. The van der Waals surface area contributed by atoms with Crippen LogP contribution < -0.4 is 4.74 Å². The third kappa shape index (κ3) is 4.56. The van der Waals surface area contributed by atoms with Gasteiger partial charge in [0.05, 0.1) is 11.5 Å². The fourth-order valence-corrected chi connectivity index (χ4v) is 3.91. The van der Waals surface area contributed by atoms with Crippen LogP contribution in [0.5, 0.6) is 11.5 Å². The normalized spacial score (nSPS) is 17.0. The Morgan fingerprint density at radius 1 is 1.42 bits per heavy atom. The number of hydrogen-bond donors (Lipinski definition) is 2. The zero-order valence-corrected chi connectivity index (χ0v) is 16.2. The lowest BCUT2D eigenvalue weighted by Crippen LogP contribution is -2.43. The summed E-state index contributed by atoms with van der Waals surface area (Å²) in [4.78, 5) is 25.8. The molecule has 1 heterocycles. The molecular formula is C18H21NO5S2. The van der Waals surface area contributed by atoms with Gasteiger partial charge in [0.1, 0.15) is 10.4 Å². The van der Waals surface area contributed by atoms with E-state index in [1.165, 1.54) is 11.0 Å². The molecule has 1 aromatic carbocycles. The largest absolute Gasteiger partial charge is 0.504 e. The number of nitrogens with zero attached hydrogens (tertiary/aromatic N) is 1. The summed E-state index contributed by atoms with van der Waals surface area (Å²) in [6.07, 6.45) is 3.52. The maximum Gasteiger partial charge on any atom is 0.326 e. The van der Waals surface area contributed by atoms with Gasteiger partial charge in [-0.1, -0.05) is 49.8 Å². The number of aromatic hydroxyl groups is 1. The van der Waals surface area contributed by atoms with E-state index >= 15 is 0 Å². The molecule has 0 bridgehead atoms. The maximum absolute atomic E-state index is 12.7. The van der Waals surface area contributed by atoms with E-state index in [9.17, 15) is 19.8 Å². The van der Waals surface area contributed by atoms with Crippen molar-refractivity contribution in [3.05, 3.63) is 28.7 Å². The lowest BCUT2D eigenvalue weighted by molar-refractivity contribution is -0.145. The highest BCUT2D eigenvalue weighted by atomic mass is 32.2. The van der Waals surface area contributed by atoms with Crippen molar-refractivity contribution in [3.8, 4) is 11.5 Å². The summed E-state index contributed by atoms with van der Waals surface area (Å²) >= 11 is 6.33. The second kappa shape index (κ2) is 9.05. The second-order valence-corrected chi connectivity index (χ2v) is 7.38. The molecule has 1 aromatic rings. The number of thiocarbonyl (C=S) groups is 1. The first-order valence-corrected chi connectivity index (χ1v) is 9.57. The van der Waals surface area contributed by atoms with Gasteiger partial charge in [-0.15, -0.1) is 0 Å². The van der Waals surface area contributed by atoms with Gasteiger partial charge < -0.3 is 14.9 Å². The monoisotopic (exact) mass is 395 g/mol. The van der Waals surface area contributed by atoms with Gasteiger partial charge in [0.25, 0.3) is 5.91 Å². The van der Waals surface area contributed by atoms with E-state index < -0.39 is 17.9 Å². The molecule has 2 N–H and O–H groups in total. The van der Waals surface area contributed by atoms with Gasteiger partial charge in [-0.05, 0) is 37.1 Å². The molecule has 1 aliphatic heterocycles. The number of ether oxygens (including phenoxy) is 1. The van der Waals surface area contributed by atoms with Gasteiger partial charge in [-0.25, -0.2) is 4.79 Å². The smallest absolute Gasteiger partial charge is 0.326 e. The van der Waals surface area contributed by atoms with E-state index in [4.69, 9.17) is 17.0 Å². The molecule has 1 unspecified atom stereocenters. The van der Waals surface area contributed by atoms with Crippen molar-refractivity contribution in [3.63, 3.8) is 0 Å². The van der Waals surface area contributed by atoms with Gasteiger partial charge in [0, 0.05) is 0 Å². The summed E-state index contributed by atoms with van der Waals surface area (Å²) < 4.78 is 5.58. The number of carboxylic acid groups (broad SMARTS) is 1. The summed E-state index contributed by atoms with van der Waals surface area (Å²) in [7, 11) is 0. The zero-order chi connectivity index (χ0) is 19.3. The van der Waals surface area contributed by atoms with Crippen molar-refractivity contribution < 1.29 is 24.5 Å². The lowest BCUT2D eigenvalue weighted by atomic mass is 10.1. The number of carbonyl (C=O) groups excluding carboxylic acids is 1. The predicted molar refractivity (Wildman–Crippen MR) is 105 cm³/mol. The van der Waals surface area contributed by atoms with Crippen LogP contribution in [-0.4, -0.2) is 44.0 Å². The molecule has 1 atom stereocenters. The van der Waals surface area contributed by atoms with Crippen LogP contribution in [0.15, 0.2) is 23.1 Å². The Morgan fingerprint density at radius 2 is 2.15 bits per heavy atom. The Morgan fingerprint density at radius 3 is 2.77 bits per heavy atom. The number of amides is 1. The fourth-order valence-electron chi connectivity index (χ4n) is 2.55.